The van der Waals surface area contributed by atoms with E-state index in [1.54, 1.807) is 49.4 Å². The molecule has 0 radical (unpaired) electrons. The van der Waals surface area contributed by atoms with Gasteiger partial charge in [-0.1, -0.05) is 35.5 Å². The van der Waals surface area contributed by atoms with Crippen molar-refractivity contribution in [3.05, 3.63) is 63.0 Å². The molecule has 0 unspecified atom stereocenters. The largest absolute Gasteiger partial charge is 0.490 e. The summed E-state index contributed by atoms with van der Waals surface area (Å²) in [7, 11) is 0. The van der Waals surface area contributed by atoms with Gasteiger partial charge in [0.15, 0.2) is 22.4 Å². The van der Waals surface area contributed by atoms with Gasteiger partial charge in [0, 0.05) is 0 Å². The van der Waals surface area contributed by atoms with E-state index < -0.39 is 17.7 Å². The highest BCUT2D eigenvalue weighted by Crippen LogP contribution is 2.34. The van der Waals surface area contributed by atoms with Crippen LogP contribution in [0, 0.1) is 6.92 Å². The number of halogens is 1. The van der Waals surface area contributed by atoms with Gasteiger partial charge in [-0.25, -0.2) is 0 Å². The summed E-state index contributed by atoms with van der Waals surface area (Å²) in [5, 5.41) is 1.29. The minimum atomic E-state index is -0.612. The second kappa shape index (κ2) is 10.7. The molecule has 0 atom stereocenters. The van der Waals surface area contributed by atoms with Crippen LogP contribution in [0.3, 0.4) is 0 Å². The van der Waals surface area contributed by atoms with E-state index in [1.807, 2.05) is 6.92 Å². The van der Waals surface area contributed by atoms with Crippen LogP contribution in [0.15, 0.2) is 41.3 Å². The van der Waals surface area contributed by atoms with Gasteiger partial charge in [-0.05, 0) is 67.5 Å². The predicted molar refractivity (Wildman–Crippen MR) is 131 cm³/mol. The molecule has 0 bridgehead atoms. The Bertz CT molecular complexity index is 1170. The number of nitrogens with two attached hydrogens (primary N) is 1. The van der Waals surface area contributed by atoms with E-state index in [9.17, 15) is 14.4 Å². The van der Waals surface area contributed by atoms with Gasteiger partial charge in [-0.3, -0.25) is 19.8 Å². The maximum Gasteiger partial charge on any atom is 0.285 e. The van der Waals surface area contributed by atoms with Crippen LogP contribution in [0.4, 0.5) is 0 Å². The summed E-state index contributed by atoms with van der Waals surface area (Å²) in [6.07, 6.45) is 1.62. The molecule has 33 heavy (non-hydrogen) atoms. The predicted octanol–water partition coefficient (Wildman–Crippen LogP) is 3.46. The fraction of sp³-hybridized carbons (Fsp3) is 0.182. The average molecular weight is 506 g/mol. The van der Waals surface area contributed by atoms with Gasteiger partial charge in [0.25, 0.3) is 17.7 Å². The van der Waals surface area contributed by atoms with Crippen LogP contribution in [-0.4, -0.2) is 40.3 Å². The molecular weight excluding hydrogens is 486 g/mol. The SMILES string of the molecule is CCOc1cc(/C=C2\SC(=S)N(NC(=O)c3ccc(C)cc3Cl)C2=O)ccc1OCC(N)=O. The molecule has 1 aliphatic rings. The fourth-order valence-corrected chi connectivity index (χ4v) is 4.33. The van der Waals surface area contributed by atoms with E-state index in [2.05, 4.69) is 5.43 Å². The van der Waals surface area contributed by atoms with Gasteiger partial charge >= 0.3 is 0 Å². The first-order valence-electron chi connectivity index (χ1n) is 9.72. The van der Waals surface area contributed by atoms with E-state index >= 15 is 0 Å². The minimum Gasteiger partial charge on any atom is -0.490 e. The third-order valence-corrected chi connectivity index (χ3v) is 5.93. The van der Waals surface area contributed by atoms with Crippen molar-refractivity contribution in [1.82, 2.24) is 10.4 Å². The Morgan fingerprint density at radius 2 is 1.97 bits per heavy atom. The second-order valence-electron chi connectivity index (χ2n) is 6.84. The highest BCUT2D eigenvalue weighted by atomic mass is 35.5. The molecular formula is C22H20ClN3O5S2. The monoisotopic (exact) mass is 505 g/mol. The van der Waals surface area contributed by atoms with E-state index in [4.69, 9.17) is 39.0 Å². The Hall–Kier alpha value is -3.08. The molecule has 2 aromatic rings. The zero-order chi connectivity index (χ0) is 24.1. The lowest BCUT2D eigenvalue weighted by Gasteiger charge is -2.16. The topological polar surface area (TPSA) is 111 Å². The lowest BCUT2D eigenvalue weighted by molar-refractivity contribution is -0.123. The normalized spacial score (nSPS) is 14.5. The van der Waals surface area contributed by atoms with Crippen molar-refractivity contribution in [3.63, 3.8) is 0 Å². The van der Waals surface area contributed by atoms with E-state index in [1.165, 1.54) is 0 Å². The highest BCUT2D eigenvalue weighted by Gasteiger charge is 2.34. The number of carbonyl (C=O) groups is 3. The smallest absolute Gasteiger partial charge is 0.285 e. The molecule has 172 valence electrons. The van der Waals surface area contributed by atoms with Gasteiger partial charge in [-0.2, -0.15) is 5.01 Å². The number of aryl methyl sites for hydroxylation is 1. The van der Waals surface area contributed by atoms with Crippen LogP contribution >= 0.6 is 35.6 Å². The van der Waals surface area contributed by atoms with Crippen molar-refractivity contribution < 1.29 is 23.9 Å². The lowest BCUT2D eigenvalue weighted by Crippen LogP contribution is -2.44. The van der Waals surface area contributed by atoms with E-state index in [0.717, 1.165) is 22.3 Å². The second-order valence-corrected chi connectivity index (χ2v) is 8.92. The standard InChI is InChI=1S/C22H20ClN3O5S2/c1-3-30-17-9-13(5-7-16(17)31-11-19(24)27)10-18-21(29)26(22(32)33-18)25-20(28)14-6-4-12(2)8-15(14)23/h4-10H,3,11H2,1-2H3,(H2,24,27)(H,25,28)/b18-10-. The van der Waals surface area contributed by atoms with Crippen molar-refractivity contribution in [1.29, 1.82) is 0 Å². The molecule has 3 N–H and O–H groups in total. The van der Waals surface area contributed by atoms with Crippen LogP contribution in [0.5, 0.6) is 11.5 Å². The number of amides is 3. The lowest BCUT2D eigenvalue weighted by atomic mass is 10.1. The number of nitrogens with zero attached hydrogens (tertiary/aromatic N) is 1. The first kappa shape index (κ1) is 24.6. The zero-order valence-corrected chi connectivity index (χ0v) is 20.1. The van der Waals surface area contributed by atoms with Crippen molar-refractivity contribution in [3.8, 4) is 11.5 Å². The number of rotatable bonds is 8. The summed E-state index contributed by atoms with van der Waals surface area (Å²) in [6.45, 7) is 3.74. The number of benzene rings is 2. The Kier molecular flexibility index (Phi) is 7.96. The summed E-state index contributed by atoms with van der Waals surface area (Å²) in [4.78, 5) is 36.8. The Labute approximate surface area is 205 Å². The number of hydrazine groups is 1. The molecule has 11 heteroatoms. The molecule has 1 heterocycles. The highest BCUT2D eigenvalue weighted by molar-refractivity contribution is 8.26. The van der Waals surface area contributed by atoms with Gasteiger partial charge in [0.2, 0.25) is 0 Å². The third-order valence-electron chi connectivity index (χ3n) is 4.31. The summed E-state index contributed by atoms with van der Waals surface area (Å²) >= 11 is 12.5. The Morgan fingerprint density at radius 1 is 1.21 bits per heavy atom. The van der Waals surface area contributed by atoms with Crippen molar-refractivity contribution in [2.24, 2.45) is 5.73 Å². The summed E-state index contributed by atoms with van der Waals surface area (Å²) in [6, 6.07) is 9.96. The minimum absolute atomic E-state index is 0.175. The Balaban J connectivity index is 1.79. The number of ether oxygens (including phenoxy) is 2. The van der Waals surface area contributed by atoms with Crippen LogP contribution in [-0.2, 0) is 9.59 Å². The molecule has 8 nitrogen and oxygen atoms in total. The third kappa shape index (κ3) is 6.04. The van der Waals surface area contributed by atoms with E-state index in [0.29, 0.717) is 28.6 Å². The Morgan fingerprint density at radius 3 is 2.64 bits per heavy atom. The van der Waals surface area contributed by atoms with Crippen molar-refractivity contribution in [2.75, 3.05) is 13.2 Å². The van der Waals surface area contributed by atoms with Crippen LogP contribution < -0.4 is 20.6 Å². The quantitative estimate of drug-likeness (QED) is 0.417. The first-order chi connectivity index (χ1) is 15.7. The molecule has 0 aromatic heterocycles. The molecule has 1 aliphatic heterocycles. The van der Waals surface area contributed by atoms with Gasteiger partial charge in [0.05, 0.1) is 22.1 Å². The maximum atomic E-state index is 12.9. The van der Waals surface area contributed by atoms with Crippen molar-refractivity contribution in [2.45, 2.75) is 13.8 Å². The number of thioether (sulfide) groups is 1. The number of nitrogens with one attached hydrogen (secondary N) is 1. The molecule has 1 saturated heterocycles. The molecule has 2 aromatic carbocycles. The molecule has 3 rings (SSSR count). The molecule has 3 amide bonds. The summed E-state index contributed by atoms with van der Waals surface area (Å²) in [5.41, 5.74) is 9.40. The molecule has 0 aliphatic carbocycles. The van der Waals surface area contributed by atoms with E-state index in [-0.39, 0.29) is 21.5 Å². The number of carbonyl (C=O) groups excluding carboxylic acids is 3. The molecule has 0 saturated carbocycles. The fourth-order valence-electron chi connectivity index (χ4n) is 2.83. The zero-order valence-electron chi connectivity index (χ0n) is 17.7. The first-order valence-corrected chi connectivity index (χ1v) is 11.3. The number of primary amides is 1. The van der Waals surface area contributed by atoms with Crippen molar-refractivity contribution >= 4 is 63.7 Å². The summed E-state index contributed by atoms with van der Waals surface area (Å²) in [5.74, 6) is -0.896. The maximum absolute atomic E-state index is 12.9. The van der Waals surface area contributed by atoms with Gasteiger partial charge in [-0.15, -0.1) is 0 Å². The van der Waals surface area contributed by atoms with Crippen LogP contribution in [0.25, 0.3) is 6.08 Å². The van der Waals surface area contributed by atoms with Crippen LogP contribution in [0.2, 0.25) is 5.02 Å². The molecule has 1 fully saturated rings. The number of thiocarbonyl (C=S) groups is 1. The number of hydrogen-bond acceptors (Lipinski definition) is 7. The average Bonchev–Trinajstić information content (AvgIpc) is 3.00. The summed E-state index contributed by atoms with van der Waals surface area (Å²) < 4.78 is 11.1. The van der Waals surface area contributed by atoms with Gasteiger partial charge < -0.3 is 15.2 Å². The number of hydrogen-bond donors (Lipinski definition) is 2. The molecule has 0 spiro atoms. The van der Waals surface area contributed by atoms with Crippen LogP contribution in [0.1, 0.15) is 28.4 Å². The van der Waals surface area contributed by atoms with Gasteiger partial charge in [0.1, 0.15) is 0 Å².